The Labute approximate surface area is 154 Å². The molecule has 0 unspecified atom stereocenters. The lowest BCUT2D eigenvalue weighted by Gasteiger charge is -2.30. The van der Waals surface area contributed by atoms with Crippen LogP contribution in [0.25, 0.3) is 0 Å². The van der Waals surface area contributed by atoms with Gasteiger partial charge in [-0.2, -0.15) is 0 Å². The van der Waals surface area contributed by atoms with Gasteiger partial charge in [-0.1, -0.05) is 59.3 Å². The third kappa shape index (κ3) is 2.83. The fourth-order valence-electron chi connectivity index (χ4n) is 3.71. The van der Waals surface area contributed by atoms with E-state index in [1.165, 1.54) is 11.3 Å². The molecule has 2 atom stereocenters. The van der Waals surface area contributed by atoms with Crippen molar-refractivity contribution in [2.45, 2.75) is 19.3 Å². The van der Waals surface area contributed by atoms with Crippen LogP contribution in [-0.4, -0.2) is 16.1 Å². The number of rotatable bonds is 3. The quantitative estimate of drug-likeness (QED) is 0.738. The van der Waals surface area contributed by atoms with Crippen LogP contribution in [-0.2, 0) is 11.2 Å². The van der Waals surface area contributed by atoms with Gasteiger partial charge in [0.05, 0.1) is 5.41 Å². The van der Waals surface area contributed by atoms with Gasteiger partial charge in [0.25, 0.3) is 0 Å². The Hall–Kier alpha value is -2.24. The van der Waals surface area contributed by atoms with Gasteiger partial charge in [0.2, 0.25) is 11.0 Å². The van der Waals surface area contributed by atoms with E-state index in [4.69, 9.17) is 11.6 Å². The SMILES string of the molecule is C[C@@]1(C(=O)Nc2nncs2)Cc2ccc(Cl)cc2[C@@H]1c1ccccc1. The molecule has 1 aliphatic carbocycles. The highest BCUT2D eigenvalue weighted by Gasteiger charge is 2.48. The standard InChI is InChI=1S/C19H16ClN3OS/c1-19(17(24)22-18-23-21-11-25-18)10-13-7-8-14(20)9-15(13)16(19)12-5-3-2-4-6-12/h2-9,11,16H,10H2,1H3,(H,22,23,24)/t16-,19+/m0/s1. The lowest BCUT2D eigenvalue weighted by Crippen LogP contribution is -2.37. The van der Waals surface area contributed by atoms with E-state index < -0.39 is 5.41 Å². The molecule has 1 aromatic heterocycles. The van der Waals surface area contributed by atoms with Gasteiger partial charge in [0.1, 0.15) is 5.51 Å². The molecule has 0 radical (unpaired) electrons. The molecule has 0 bridgehead atoms. The summed E-state index contributed by atoms with van der Waals surface area (Å²) < 4.78 is 0. The van der Waals surface area contributed by atoms with Gasteiger partial charge < -0.3 is 5.32 Å². The van der Waals surface area contributed by atoms with Crippen LogP contribution in [0.15, 0.2) is 54.0 Å². The molecule has 0 aliphatic heterocycles. The molecule has 1 N–H and O–H groups in total. The second-order valence-corrected chi connectivity index (χ2v) is 7.75. The summed E-state index contributed by atoms with van der Waals surface area (Å²) >= 11 is 7.56. The number of fused-ring (bicyclic) bond motifs is 1. The van der Waals surface area contributed by atoms with Crippen molar-refractivity contribution in [3.8, 4) is 0 Å². The van der Waals surface area contributed by atoms with Gasteiger partial charge in [-0.3, -0.25) is 4.79 Å². The summed E-state index contributed by atoms with van der Waals surface area (Å²) in [7, 11) is 0. The Morgan fingerprint density at radius 1 is 1.28 bits per heavy atom. The number of benzene rings is 2. The zero-order valence-corrected chi connectivity index (χ0v) is 15.1. The van der Waals surface area contributed by atoms with Crippen molar-refractivity contribution in [2.75, 3.05) is 5.32 Å². The first-order valence-electron chi connectivity index (χ1n) is 7.99. The average molecular weight is 370 g/mol. The molecule has 6 heteroatoms. The largest absolute Gasteiger partial charge is 0.300 e. The van der Waals surface area contributed by atoms with Crippen LogP contribution in [0.1, 0.15) is 29.5 Å². The smallest absolute Gasteiger partial charge is 0.233 e. The third-order valence-electron chi connectivity index (χ3n) is 4.85. The van der Waals surface area contributed by atoms with Crippen molar-refractivity contribution in [3.63, 3.8) is 0 Å². The Kier molecular flexibility index (Phi) is 4.06. The number of halogens is 1. The van der Waals surface area contributed by atoms with Crippen molar-refractivity contribution in [1.82, 2.24) is 10.2 Å². The summed E-state index contributed by atoms with van der Waals surface area (Å²) in [6, 6.07) is 16.0. The van der Waals surface area contributed by atoms with E-state index in [0.717, 1.165) is 16.7 Å². The lowest BCUT2D eigenvalue weighted by atomic mass is 9.73. The minimum absolute atomic E-state index is 0.0505. The molecule has 3 aromatic rings. The molecule has 2 aromatic carbocycles. The second kappa shape index (κ2) is 6.24. The number of anilines is 1. The first kappa shape index (κ1) is 16.2. The molecule has 126 valence electrons. The highest BCUT2D eigenvalue weighted by Crippen LogP contribution is 2.51. The summed E-state index contributed by atoms with van der Waals surface area (Å²) in [6.07, 6.45) is 0.656. The van der Waals surface area contributed by atoms with Crippen LogP contribution >= 0.6 is 22.9 Å². The van der Waals surface area contributed by atoms with Crippen molar-refractivity contribution in [1.29, 1.82) is 0 Å². The molecule has 1 aliphatic rings. The monoisotopic (exact) mass is 369 g/mol. The van der Waals surface area contributed by atoms with Gasteiger partial charge in [0.15, 0.2) is 0 Å². The Balaban J connectivity index is 1.79. The number of carbonyl (C=O) groups is 1. The normalized spacial score (nSPS) is 21.8. The van der Waals surface area contributed by atoms with Crippen LogP contribution in [0.5, 0.6) is 0 Å². The minimum atomic E-state index is -0.625. The molecule has 4 rings (SSSR count). The van der Waals surface area contributed by atoms with Crippen LogP contribution in [0.4, 0.5) is 5.13 Å². The third-order valence-corrected chi connectivity index (χ3v) is 5.69. The van der Waals surface area contributed by atoms with Gasteiger partial charge >= 0.3 is 0 Å². The van der Waals surface area contributed by atoms with E-state index in [1.54, 1.807) is 5.51 Å². The fourth-order valence-corrected chi connectivity index (χ4v) is 4.33. The van der Waals surface area contributed by atoms with Crippen molar-refractivity contribution < 1.29 is 4.79 Å². The van der Waals surface area contributed by atoms with E-state index in [9.17, 15) is 4.79 Å². The molecule has 25 heavy (non-hydrogen) atoms. The van der Waals surface area contributed by atoms with Crippen LogP contribution in [0.3, 0.4) is 0 Å². The lowest BCUT2D eigenvalue weighted by molar-refractivity contribution is -0.125. The second-order valence-electron chi connectivity index (χ2n) is 6.48. The minimum Gasteiger partial charge on any atom is -0.300 e. The molecule has 0 spiro atoms. The number of nitrogens with zero attached hydrogens (tertiary/aromatic N) is 2. The maximum Gasteiger partial charge on any atom is 0.233 e. The zero-order chi connectivity index (χ0) is 17.4. The summed E-state index contributed by atoms with van der Waals surface area (Å²) in [5.41, 5.74) is 4.37. The Morgan fingerprint density at radius 3 is 2.80 bits per heavy atom. The highest BCUT2D eigenvalue weighted by atomic mass is 35.5. The molecule has 1 amide bonds. The summed E-state index contributed by atoms with van der Waals surface area (Å²) in [6.45, 7) is 2.01. The first-order valence-corrected chi connectivity index (χ1v) is 9.24. The number of amides is 1. The van der Waals surface area contributed by atoms with Crippen molar-refractivity contribution >= 4 is 34.0 Å². The van der Waals surface area contributed by atoms with E-state index in [-0.39, 0.29) is 11.8 Å². The predicted octanol–water partition coefficient (Wildman–Crippen LogP) is 4.52. The fraction of sp³-hybridized carbons (Fsp3) is 0.211. The maximum absolute atomic E-state index is 13.2. The van der Waals surface area contributed by atoms with Gasteiger partial charge in [-0.05, 0) is 42.2 Å². The molecule has 0 fully saturated rings. The van der Waals surface area contributed by atoms with E-state index in [1.807, 2.05) is 43.3 Å². The zero-order valence-electron chi connectivity index (χ0n) is 13.6. The van der Waals surface area contributed by atoms with E-state index in [0.29, 0.717) is 16.6 Å². The summed E-state index contributed by atoms with van der Waals surface area (Å²) in [4.78, 5) is 13.2. The average Bonchev–Trinajstić information content (AvgIpc) is 3.21. The van der Waals surface area contributed by atoms with Crippen molar-refractivity contribution in [3.05, 3.63) is 75.8 Å². The van der Waals surface area contributed by atoms with Crippen molar-refractivity contribution in [2.24, 2.45) is 5.41 Å². The highest BCUT2D eigenvalue weighted by molar-refractivity contribution is 7.13. The number of nitrogens with one attached hydrogen (secondary N) is 1. The van der Waals surface area contributed by atoms with Crippen LogP contribution < -0.4 is 5.32 Å². The Bertz CT molecular complexity index is 914. The first-order chi connectivity index (χ1) is 12.1. The molecular formula is C19H16ClN3OS. The number of aromatic nitrogens is 2. The molecule has 1 heterocycles. The van der Waals surface area contributed by atoms with Gasteiger partial charge in [-0.15, -0.1) is 10.2 Å². The summed E-state index contributed by atoms with van der Waals surface area (Å²) in [5, 5.41) is 11.9. The Morgan fingerprint density at radius 2 is 2.08 bits per heavy atom. The molecule has 0 saturated carbocycles. The molecule has 4 nitrogen and oxygen atoms in total. The number of carbonyl (C=O) groups excluding carboxylic acids is 1. The van der Waals surface area contributed by atoms with Gasteiger partial charge in [0, 0.05) is 10.9 Å². The summed E-state index contributed by atoms with van der Waals surface area (Å²) in [5.74, 6) is -0.110. The van der Waals surface area contributed by atoms with Gasteiger partial charge in [-0.25, -0.2) is 0 Å². The molecular weight excluding hydrogens is 354 g/mol. The number of hydrogen-bond acceptors (Lipinski definition) is 4. The van der Waals surface area contributed by atoms with E-state index in [2.05, 4.69) is 27.6 Å². The van der Waals surface area contributed by atoms with Crippen LogP contribution in [0.2, 0.25) is 5.02 Å². The van der Waals surface area contributed by atoms with Crippen LogP contribution in [0, 0.1) is 5.41 Å². The number of hydrogen-bond donors (Lipinski definition) is 1. The predicted molar refractivity (Wildman–Crippen MR) is 100 cm³/mol. The maximum atomic E-state index is 13.2. The van der Waals surface area contributed by atoms with E-state index >= 15 is 0 Å². The molecule has 0 saturated heterocycles. The topological polar surface area (TPSA) is 54.9 Å².